The second-order valence-electron chi connectivity index (χ2n) is 11.2. The Morgan fingerprint density at radius 2 is 1.08 bits per heavy atom. The Morgan fingerprint density at radius 1 is 0.615 bits per heavy atom. The molecular weight excluding hydrogens is 328 g/mol. The lowest BCUT2D eigenvalue weighted by atomic mass is 9.41. The van der Waals surface area contributed by atoms with Crippen molar-refractivity contribution in [3.63, 3.8) is 0 Å². The third kappa shape index (κ3) is 0.881. The maximum Gasteiger partial charge on any atom is 0.164 e. The summed E-state index contributed by atoms with van der Waals surface area (Å²) in [7, 11) is 3.82. The number of methoxy groups -OCH3 is 2. The molecule has 2 saturated heterocycles. The molecular formula is C22H28O4. The molecule has 0 unspecified atom stereocenters. The summed E-state index contributed by atoms with van der Waals surface area (Å²) < 4.78 is 26.1. The van der Waals surface area contributed by atoms with Crippen LogP contribution in [0.1, 0.15) is 25.7 Å². The summed E-state index contributed by atoms with van der Waals surface area (Å²) in [6, 6.07) is 0. The fourth-order valence-corrected chi connectivity index (χ4v) is 13.0. The standard InChI is InChI=1S/C22H28O4/c1-23-19-21-15-7-4-6-10-12(7)18-13(15)14-16(22(18,21)20(24-2)26-10)8-3-5-9(25-19)11(8)17(14)21/h7-20H,3-6H2,1-2H3/t7-,8-,9-,10+,11+,12+,13+,14+,15-,16+,17+,18+,19-,20+,21-,22-/m1/s1. The molecule has 16 atom stereocenters. The van der Waals surface area contributed by atoms with Gasteiger partial charge in [-0.2, -0.15) is 0 Å². The quantitative estimate of drug-likeness (QED) is 0.762. The maximum atomic E-state index is 6.81. The second kappa shape index (κ2) is 3.69. The molecule has 0 aromatic rings. The van der Waals surface area contributed by atoms with E-state index in [-0.39, 0.29) is 23.4 Å². The van der Waals surface area contributed by atoms with Crippen molar-refractivity contribution >= 4 is 0 Å². The molecule has 4 heteroatoms. The van der Waals surface area contributed by atoms with Crippen LogP contribution in [0.4, 0.5) is 0 Å². The molecule has 0 aromatic carbocycles. The third-order valence-electron chi connectivity index (χ3n) is 12.0. The van der Waals surface area contributed by atoms with Gasteiger partial charge >= 0.3 is 0 Å². The lowest BCUT2D eigenvalue weighted by molar-refractivity contribution is -0.399. The molecule has 0 N–H and O–H groups in total. The topological polar surface area (TPSA) is 36.9 Å². The van der Waals surface area contributed by atoms with Crippen LogP contribution in [0.2, 0.25) is 0 Å². The zero-order chi connectivity index (χ0) is 16.7. The molecule has 8 aliphatic carbocycles. The molecule has 2 aliphatic heterocycles. The minimum atomic E-state index is -0.0142. The van der Waals surface area contributed by atoms with Gasteiger partial charge in [-0.05, 0) is 84.9 Å². The predicted octanol–water partition coefficient (Wildman–Crippen LogP) is 2.52. The molecule has 0 aromatic heterocycles. The van der Waals surface area contributed by atoms with Crippen molar-refractivity contribution in [2.45, 2.75) is 50.5 Å². The van der Waals surface area contributed by atoms with Crippen molar-refractivity contribution in [1.82, 2.24) is 0 Å². The largest absolute Gasteiger partial charge is 0.355 e. The summed E-state index contributed by atoms with van der Waals surface area (Å²) in [6.07, 6.45) is 6.18. The van der Waals surface area contributed by atoms with Crippen LogP contribution >= 0.6 is 0 Å². The monoisotopic (exact) mass is 356 g/mol. The summed E-state index contributed by atoms with van der Waals surface area (Å²) >= 11 is 0. The molecule has 2 spiro atoms. The van der Waals surface area contributed by atoms with Crippen LogP contribution in [0, 0.1) is 70.0 Å². The van der Waals surface area contributed by atoms with Gasteiger partial charge in [0.25, 0.3) is 0 Å². The van der Waals surface area contributed by atoms with E-state index in [1.165, 1.54) is 25.7 Å². The molecule has 10 fully saturated rings. The van der Waals surface area contributed by atoms with Crippen LogP contribution in [-0.2, 0) is 18.9 Å². The highest BCUT2D eigenvalue weighted by atomic mass is 16.7. The van der Waals surface area contributed by atoms with Crippen LogP contribution in [0.5, 0.6) is 0 Å². The lowest BCUT2D eigenvalue weighted by Crippen LogP contribution is -2.73. The van der Waals surface area contributed by atoms with Crippen molar-refractivity contribution in [3.8, 4) is 0 Å². The molecule has 8 saturated carbocycles. The predicted molar refractivity (Wildman–Crippen MR) is 89.6 cm³/mol. The molecule has 10 rings (SSSR count). The van der Waals surface area contributed by atoms with Gasteiger partial charge in [0.1, 0.15) is 0 Å². The van der Waals surface area contributed by atoms with Crippen molar-refractivity contribution in [1.29, 1.82) is 0 Å². The van der Waals surface area contributed by atoms with E-state index in [9.17, 15) is 0 Å². The summed E-state index contributed by atoms with van der Waals surface area (Å²) in [6.45, 7) is 0. The van der Waals surface area contributed by atoms with E-state index in [1.54, 1.807) is 0 Å². The highest BCUT2D eigenvalue weighted by Gasteiger charge is 3.02. The van der Waals surface area contributed by atoms with E-state index in [0.29, 0.717) is 12.2 Å². The van der Waals surface area contributed by atoms with Gasteiger partial charge in [0.05, 0.1) is 12.2 Å². The van der Waals surface area contributed by atoms with Gasteiger partial charge in [-0.15, -0.1) is 0 Å². The van der Waals surface area contributed by atoms with Gasteiger partial charge in [-0.25, -0.2) is 0 Å². The zero-order valence-corrected chi connectivity index (χ0v) is 15.5. The first-order chi connectivity index (χ1) is 12.8. The molecule has 10 aliphatic rings. The van der Waals surface area contributed by atoms with Crippen LogP contribution in [0.3, 0.4) is 0 Å². The van der Waals surface area contributed by atoms with Crippen molar-refractivity contribution in [3.05, 3.63) is 0 Å². The Bertz CT molecular complexity index is 676. The van der Waals surface area contributed by atoms with E-state index < -0.39 is 0 Å². The highest BCUT2D eigenvalue weighted by Crippen LogP contribution is 3.00. The van der Waals surface area contributed by atoms with Crippen LogP contribution < -0.4 is 0 Å². The van der Waals surface area contributed by atoms with E-state index >= 15 is 0 Å². The fourth-order valence-electron chi connectivity index (χ4n) is 13.0. The smallest absolute Gasteiger partial charge is 0.164 e. The Kier molecular flexibility index (Phi) is 1.98. The average molecular weight is 356 g/mol. The minimum absolute atomic E-state index is 0.0142. The number of rotatable bonds is 2. The van der Waals surface area contributed by atoms with Crippen LogP contribution in [-0.4, -0.2) is 39.0 Å². The average Bonchev–Trinajstić information content (AvgIpc) is 3.44. The van der Waals surface area contributed by atoms with Crippen molar-refractivity contribution in [2.75, 3.05) is 14.2 Å². The molecule has 26 heavy (non-hydrogen) atoms. The molecule has 2 heterocycles. The van der Waals surface area contributed by atoms with Gasteiger partial charge in [0.15, 0.2) is 12.6 Å². The van der Waals surface area contributed by atoms with E-state index in [4.69, 9.17) is 18.9 Å². The SMILES string of the molecule is CO[C@@H]1O[C@@H]2CC[C@@H]3[C@@H]2[C@H]2[C@H]4[C@@H]5[C@@H]6[C@H]7[C@H]8CC[C@@H]7O[C@H](OC)[C@]6([C@@H]34)[C@@]12[C@H]85. The van der Waals surface area contributed by atoms with Crippen molar-refractivity contribution in [2.24, 2.45) is 70.0 Å². The number of hydrogen-bond donors (Lipinski definition) is 0. The fraction of sp³-hybridized carbons (Fsp3) is 1.00. The maximum absolute atomic E-state index is 6.81. The van der Waals surface area contributed by atoms with Crippen LogP contribution in [0.25, 0.3) is 0 Å². The Labute approximate surface area is 154 Å². The van der Waals surface area contributed by atoms with Gasteiger partial charge < -0.3 is 18.9 Å². The lowest BCUT2D eigenvalue weighted by Gasteiger charge is -2.68. The molecule has 0 amide bonds. The van der Waals surface area contributed by atoms with E-state index in [2.05, 4.69) is 0 Å². The van der Waals surface area contributed by atoms with Gasteiger partial charge in [-0.3, -0.25) is 0 Å². The summed E-state index contributed by atoms with van der Waals surface area (Å²) in [5.41, 5.74) is 0.400. The van der Waals surface area contributed by atoms with E-state index in [0.717, 1.165) is 59.2 Å². The summed E-state index contributed by atoms with van der Waals surface area (Å²) in [4.78, 5) is 0. The summed E-state index contributed by atoms with van der Waals surface area (Å²) in [5.74, 6) is 8.64. The van der Waals surface area contributed by atoms with Gasteiger partial charge in [0, 0.05) is 25.0 Å². The zero-order valence-electron chi connectivity index (χ0n) is 15.5. The molecule has 140 valence electrons. The Hall–Kier alpha value is -0.160. The third-order valence-corrected chi connectivity index (χ3v) is 12.0. The first kappa shape index (κ1) is 13.9. The first-order valence-corrected chi connectivity index (χ1v) is 11.2. The molecule has 0 radical (unpaired) electrons. The summed E-state index contributed by atoms with van der Waals surface area (Å²) in [5, 5.41) is 0. The number of hydrogen-bond acceptors (Lipinski definition) is 4. The van der Waals surface area contributed by atoms with Crippen molar-refractivity contribution < 1.29 is 18.9 Å². The first-order valence-electron chi connectivity index (χ1n) is 11.2. The molecule has 4 nitrogen and oxygen atoms in total. The highest BCUT2D eigenvalue weighted by molar-refractivity contribution is 5.45. The minimum Gasteiger partial charge on any atom is -0.355 e. The van der Waals surface area contributed by atoms with Gasteiger partial charge in [-0.1, -0.05) is 0 Å². The number of ether oxygens (including phenoxy) is 4. The molecule has 8 bridgehead atoms. The van der Waals surface area contributed by atoms with Crippen LogP contribution in [0.15, 0.2) is 0 Å². The normalized spacial score (nSPS) is 79.6. The van der Waals surface area contributed by atoms with E-state index in [1.807, 2.05) is 14.2 Å². The second-order valence-corrected chi connectivity index (χ2v) is 11.2. The Balaban J connectivity index is 1.40. The Morgan fingerprint density at radius 3 is 1.50 bits per heavy atom. The van der Waals surface area contributed by atoms with Gasteiger partial charge in [0.2, 0.25) is 0 Å².